The summed E-state index contributed by atoms with van der Waals surface area (Å²) in [5.41, 5.74) is 7.04. The van der Waals surface area contributed by atoms with E-state index in [1.807, 2.05) is 45.0 Å². The van der Waals surface area contributed by atoms with Crippen LogP contribution in [0.2, 0.25) is 0 Å². The maximum atomic E-state index is 11.7. The Morgan fingerprint density at radius 2 is 1.94 bits per heavy atom. The lowest BCUT2D eigenvalue weighted by Gasteiger charge is -2.22. The monoisotopic (exact) mass is 250 g/mol. The number of benzene rings is 1. The lowest BCUT2D eigenvalue weighted by molar-refractivity contribution is -0.126. The summed E-state index contributed by atoms with van der Waals surface area (Å²) >= 11 is 0. The van der Waals surface area contributed by atoms with Gasteiger partial charge in [-0.15, -0.1) is 0 Å². The first-order chi connectivity index (χ1) is 8.46. The van der Waals surface area contributed by atoms with Crippen molar-refractivity contribution in [2.75, 3.05) is 11.9 Å². The average molecular weight is 250 g/mol. The van der Waals surface area contributed by atoms with E-state index in [1.165, 1.54) is 0 Å². The van der Waals surface area contributed by atoms with Gasteiger partial charge in [-0.25, -0.2) is 0 Å². The summed E-state index contributed by atoms with van der Waals surface area (Å²) in [4.78, 5) is 11.7. The molecule has 0 saturated carbocycles. The molecule has 0 fully saturated rings. The van der Waals surface area contributed by atoms with Crippen molar-refractivity contribution in [3.8, 4) is 0 Å². The number of amides is 1. The summed E-state index contributed by atoms with van der Waals surface area (Å²) < 4.78 is 5.53. The Hall–Kier alpha value is -1.39. The van der Waals surface area contributed by atoms with E-state index >= 15 is 0 Å². The molecule has 100 valence electrons. The van der Waals surface area contributed by atoms with Gasteiger partial charge in [0.05, 0.1) is 5.60 Å². The molecule has 4 heteroatoms. The molecule has 0 aliphatic heterocycles. The van der Waals surface area contributed by atoms with Gasteiger partial charge in [-0.1, -0.05) is 19.1 Å². The maximum Gasteiger partial charge on any atom is 0.250 e. The summed E-state index contributed by atoms with van der Waals surface area (Å²) in [6, 6.07) is 7.47. The standard InChI is InChI=1S/C14H22N2O2/c1-4-14(2,3)18-10-13(17)16-12-7-5-11(9-15)6-8-12/h5-8H,4,9-10,15H2,1-3H3,(H,16,17). The van der Waals surface area contributed by atoms with Gasteiger partial charge in [0.15, 0.2) is 0 Å². The predicted molar refractivity (Wildman–Crippen MR) is 73.3 cm³/mol. The van der Waals surface area contributed by atoms with E-state index in [0.717, 1.165) is 17.7 Å². The maximum absolute atomic E-state index is 11.7. The molecule has 1 rings (SSSR count). The van der Waals surface area contributed by atoms with Gasteiger partial charge in [0, 0.05) is 12.2 Å². The van der Waals surface area contributed by atoms with Gasteiger partial charge in [0.1, 0.15) is 6.61 Å². The van der Waals surface area contributed by atoms with Crippen molar-refractivity contribution in [1.82, 2.24) is 0 Å². The molecule has 0 aliphatic rings. The highest BCUT2D eigenvalue weighted by Crippen LogP contribution is 2.14. The molecule has 0 aromatic heterocycles. The van der Waals surface area contributed by atoms with Crippen LogP contribution < -0.4 is 11.1 Å². The third-order valence-corrected chi connectivity index (χ3v) is 2.92. The van der Waals surface area contributed by atoms with E-state index < -0.39 is 0 Å². The van der Waals surface area contributed by atoms with Gasteiger partial charge in [-0.2, -0.15) is 0 Å². The fourth-order valence-corrected chi connectivity index (χ4v) is 1.28. The van der Waals surface area contributed by atoms with Gasteiger partial charge in [-0.05, 0) is 38.0 Å². The van der Waals surface area contributed by atoms with E-state index in [0.29, 0.717) is 6.54 Å². The Morgan fingerprint density at radius 1 is 1.33 bits per heavy atom. The van der Waals surface area contributed by atoms with Crippen LogP contribution in [0.25, 0.3) is 0 Å². The number of carbonyl (C=O) groups is 1. The zero-order valence-electron chi connectivity index (χ0n) is 11.3. The molecule has 0 unspecified atom stereocenters. The molecule has 0 radical (unpaired) electrons. The van der Waals surface area contributed by atoms with Gasteiger partial charge in [0.25, 0.3) is 0 Å². The van der Waals surface area contributed by atoms with Gasteiger partial charge < -0.3 is 15.8 Å². The van der Waals surface area contributed by atoms with Crippen molar-refractivity contribution in [3.05, 3.63) is 29.8 Å². The molecule has 0 spiro atoms. The minimum absolute atomic E-state index is 0.0689. The molecule has 1 aromatic rings. The first kappa shape index (κ1) is 14.7. The normalized spacial score (nSPS) is 11.3. The molecule has 0 atom stereocenters. The van der Waals surface area contributed by atoms with Crippen LogP contribution in [0, 0.1) is 0 Å². The smallest absolute Gasteiger partial charge is 0.250 e. The largest absolute Gasteiger partial charge is 0.366 e. The number of anilines is 1. The van der Waals surface area contributed by atoms with Crippen molar-refractivity contribution >= 4 is 11.6 Å². The van der Waals surface area contributed by atoms with Crippen LogP contribution >= 0.6 is 0 Å². The summed E-state index contributed by atoms with van der Waals surface area (Å²) in [6.45, 7) is 6.54. The van der Waals surface area contributed by atoms with Crippen LogP contribution in [-0.2, 0) is 16.1 Å². The first-order valence-corrected chi connectivity index (χ1v) is 6.19. The molecule has 0 bridgehead atoms. The van der Waals surface area contributed by atoms with Crippen molar-refractivity contribution in [1.29, 1.82) is 0 Å². The summed E-state index contributed by atoms with van der Waals surface area (Å²) in [6.07, 6.45) is 0.867. The van der Waals surface area contributed by atoms with E-state index in [1.54, 1.807) is 0 Å². The van der Waals surface area contributed by atoms with Gasteiger partial charge in [-0.3, -0.25) is 4.79 Å². The second-order valence-electron chi connectivity index (χ2n) is 4.85. The third kappa shape index (κ3) is 4.85. The van der Waals surface area contributed by atoms with Crippen LogP contribution in [0.1, 0.15) is 32.8 Å². The molecule has 0 saturated heterocycles. The van der Waals surface area contributed by atoms with Crippen LogP contribution in [0.5, 0.6) is 0 Å². The minimum Gasteiger partial charge on any atom is -0.366 e. The Bertz CT molecular complexity index is 385. The number of hydrogen-bond donors (Lipinski definition) is 2. The summed E-state index contributed by atoms with van der Waals surface area (Å²) in [5, 5.41) is 2.79. The van der Waals surface area contributed by atoms with E-state index in [-0.39, 0.29) is 18.1 Å². The minimum atomic E-state index is -0.263. The van der Waals surface area contributed by atoms with Crippen LogP contribution in [0.4, 0.5) is 5.69 Å². The highest BCUT2D eigenvalue weighted by Gasteiger charge is 2.16. The fraction of sp³-hybridized carbons (Fsp3) is 0.500. The van der Waals surface area contributed by atoms with Gasteiger partial charge >= 0.3 is 0 Å². The molecular formula is C14H22N2O2. The van der Waals surface area contributed by atoms with E-state index in [2.05, 4.69) is 5.32 Å². The zero-order valence-corrected chi connectivity index (χ0v) is 11.3. The van der Waals surface area contributed by atoms with E-state index in [4.69, 9.17) is 10.5 Å². The van der Waals surface area contributed by atoms with Crippen molar-refractivity contribution in [3.63, 3.8) is 0 Å². The number of ether oxygens (including phenoxy) is 1. The molecule has 1 aromatic carbocycles. The first-order valence-electron chi connectivity index (χ1n) is 6.19. The molecule has 3 N–H and O–H groups in total. The zero-order chi connectivity index (χ0) is 13.6. The Balaban J connectivity index is 2.44. The van der Waals surface area contributed by atoms with Crippen molar-refractivity contribution < 1.29 is 9.53 Å². The number of nitrogens with two attached hydrogens (primary N) is 1. The molecule has 1 amide bonds. The van der Waals surface area contributed by atoms with Crippen molar-refractivity contribution in [2.24, 2.45) is 5.73 Å². The molecular weight excluding hydrogens is 228 g/mol. The summed E-state index contributed by atoms with van der Waals surface area (Å²) in [7, 11) is 0. The quantitative estimate of drug-likeness (QED) is 0.814. The number of hydrogen-bond acceptors (Lipinski definition) is 3. The number of nitrogens with one attached hydrogen (secondary N) is 1. The molecule has 0 aliphatic carbocycles. The van der Waals surface area contributed by atoms with Gasteiger partial charge in [0.2, 0.25) is 5.91 Å². The second-order valence-corrected chi connectivity index (χ2v) is 4.85. The van der Waals surface area contributed by atoms with Crippen LogP contribution in [0.3, 0.4) is 0 Å². The summed E-state index contributed by atoms with van der Waals surface area (Å²) in [5.74, 6) is -0.142. The van der Waals surface area contributed by atoms with E-state index in [9.17, 15) is 4.79 Å². The fourth-order valence-electron chi connectivity index (χ4n) is 1.28. The average Bonchev–Trinajstić information content (AvgIpc) is 2.37. The lowest BCUT2D eigenvalue weighted by Crippen LogP contribution is -2.29. The molecule has 0 heterocycles. The number of carbonyl (C=O) groups excluding carboxylic acids is 1. The molecule has 18 heavy (non-hydrogen) atoms. The Labute approximate surface area is 109 Å². The Kier molecular flexibility index (Phi) is 5.31. The lowest BCUT2D eigenvalue weighted by atomic mass is 10.1. The van der Waals surface area contributed by atoms with Crippen LogP contribution in [0.15, 0.2) is 24.3 Å². The highest BCUT2D eigenvalue weighted by molar-refractivity contribution is 5.91. The SMILES string of the molecule is CCC(C)(C)OCC(=O)Nc1ccc(CN)cc1. The Morgan fingerprint density at radius 3 is 2.44 bits per heavy atom. The second kappa shape index (κ2) is 6.52. The highest BCUT2D eigenvalue weighted by atomic mass is 16.5. The molecule has 4 nitrogen and oxygen atoms in total. The predicted octanol–water partition coefficient (Wildman–Crippen LogP) is 2.29. The van der Waals surface area contributed by atoms with Crippen molar-refractivity contribution in [2.45, 2.75) is 39.3 Å². The van der Waals surface area contributed by atoms with Crippen LogP contribution in [-0.4, -0.2) is 18.1 Å². The topological polar surface area (TPSA) is 64.3 Å². The number of rotatable bonds is 6. The third-order valence-electron chi connectivity index (χ3n) is 2.92.